The topological polar surface area (TPSA) is 74.9 Å². The molecular formula is C9H7ClFN3O. The molecule has 15 heavy (non-hydrogen) atoms. The first kappa shape index (κ1) is 9.79. The van der Waals surface area contributed by atoms with E-state index in [1.54, 1.807) is 0 Å². The molecule has 0 unspecified atom stereocenters. The van der Waals surface area contributed by atoms with Crippen LogP contribution in [0.1, 0.15) is 0 Å². The lowest BCUT2D eigenvalue weighted by atomic mass is 10.1. The Morgan fingerprint density at radius 1 is 1.40 bits per heavy atom. The number of aromatic amines is 1. The molecule has 0 saturated heterocycles. The summed E-state index contributed by atoms with van der Waals surface area (Å²) in [5, 5.41) is 15.4. The first-order valence-corrected chi connectivity index (χ1v) is 4.44. The van der Waals surface area contributed by atoms with E-state index in [0.717, 1.165) is 6.07 Å². The van der Waals surface area contributed by atoms with Crippen molar-refractivity contribution in [2.24, 2.45) is 0 Å². The van der Waals surface area contributed by atoms with Gasteiger partial charge in [-0.25, -0.2) is 4.39 Å². The Kier molecular flexibility index (Phi) is 2.24. The molecule has 4 N–H and O–H groups in total. The van der Waals surface area contributed by atoms with Gasteiger partial charge >= 0.3 is 0 Å². The number of H-pyrrole nitrogens is 1. The molecule has 0 bridgehead atoms. The predicted octanol–water partition coefficient (Wildman–Crippen LogP) is 2.16. The van der Waals surface area contributed by atoms with Crippen molar-refractivity contribution in [1.82, 2.24) is 10.2 Å². The Bertz CT molecular complexity index is 512. The number of anilines is 1. The molecule has 0 atom stereocenters. The summed E-state index contributed by atoms with van der Waals surface area (Å²) in [5.41, 5.74) is 6.15. The number of halogens is 2. The summed E-state index contributed by atoms with van der Waals surface area (Å²) >= 11 is 5.67. The highest BCUT2D eigenvalue weighted by Gasteiger charge is 2.13. The number of nitrogens with two attached hydrogens (primary N) is 1. The van der Waals surface area contributed by atoms with Crippen LogP contribution in [0.5, 0.6) is 5.75 Å². The molecule has 6 heteroatoms. The van der Waals surface area contributed by atoms with Crippen LogP contribution in [0.2, 0.25) is 5.02 Å². The van der Waals surface area contributed by atoms with Crippen molar-refractivity contribution in [2.75, 3.05) is 5.73 Å². The van der Waals surface area contributed by atoms with Gasteiger partial charge < -0.3 is 10.8 Å². The minimum atomic E-state index is -0.606. The van der Waals surface area contributed by atoms with Crippen molar-refractivity contribution in [1.29, 1.82) is 0 Å². The van der Waals surface area contributed by atoms with Gasteiger partial charge in [0.15, 0.2) is 0 Å². The second-order valence-electron chi connectivity index (χ2n) is 2.98. The number of hydrogen-bond acceptors (Lipinski definition) is 3. The third-order valence-corrected chi connectivity index (χ3v) is 2.30. The van der Waals surface area contributed by atoms with Crippen LogP contribution >= 0.6 is 11.6 Å². The lowest BCUT2D eigenvalue weighted by molar-refractivity contribution is 0.469. The largest absolute Gasteiger partial charge is 0.506 e. The lowest BCUT2D eigenvalue weighted by Gasteiger charge is -2.03. The third kappa shape index (κ3) is 1.61. The summed E-state index contributed by atoms with van der Waals surface area (Å²) in [7, 11) is 0. The van der Waals surface area contributed by atoms with E-state index in [0.29, 0.717) is 5.56 Å². The maximum absolute atomic E-state index is 13.5. The van der Waals surface area contributed by atoms with Gasteiger partial charge in [0.1, 0.15) is 17.4 Å². The Morgan fingerprint density at radius 3 is 2.73 bits per heavy atom. The number of benzene rings is 1. The minimum Gasteiger partial charge on any atom is -0.506 e. The second kappa shape index (κ2) is 3.43. The third-order valence-electron chi connectivity index (χ3n) is 2.00. The van der Waals surface area contributed by atoms with Crippen molar-refractivity contribution >= 4 is 17.4 Å². The minimum absolute atomic E-state index is 0.0620. The normalized spacial score (nSPS) is 10.5. The van der Waals surface area contributed by atoms with Gasteiger partial charge in [0.05, 0.1) is 11.2 Å². The number of phenols is 1. The van der Waals surface area contributed by atoms with E-state index in [1.807, 2.05) is 0 Å². The molecule has 78 valence electrons. The Labute approximate surface area is 89.5 Å². The molecule has 0 amide bonds. The molecule has 0 saturated carbocycles. The quantitative estimate of drug-likeness (QED) is 0.699. The van der Waals surface area contributed by atoms with E-state index in [9.17, 15) is 4.39 Å². The molecule has 0 aliphatic heterocycles. The first-order valence-electron chi connectivity index (χ1n) is 4.07. The van der Waals surface area contributed by atoms with Crippen LogP contribution in [0.25, 0.3) is 11.1 Å². The number of phenolic OH excluding ortho intramolecular Hbond substituents is 1. The smallest absolute Gasteiger partial charge is 0.137 e. The van der Waals surface area contributed by atoms with E-state index < -0.39 is 5.82 Å². The SMILES string of the molecule is Nc1[nH]ncc1-c1cc(Cl)c(O)cc1F. The predicted molar refractivity (Wildman–Crippen MR) is 55.1 cm³/mol. The highest BCUT2D eigenvalue weighted by molar-refractivity contribution is 6.32. The number of hydrogen-bond donors (Lipinski definition) is 3. The van der Waals surface area contributed by atoms with E-state index in [4.69, 9.17) is 22.4 Å². The van der Waals surface area contributed by atoms with Crippen molar-refractivity contribution in [2.45, 2.75) is 0 Å². The summed E-state index contributed by atoms with van der Waals surface area (Å²) in [6.07, 6.45) is 1.39. The monoisotopic (exact) mass is 227 g/mol. The number of aromatic hydroxyl groups is 1. The number of nitrogens with zero attached hydrogens (tertiary/aromatic N) is 1. The molecule has 1 heterocycles. The highest BCUT2D eigenvalue weighted by Crippen LogP contribution is 2.33. The average molecular weight is 228 g/mol. The summed E-state index contributed by atoms with van der Waals surface area (Å²) in [6, 6.07) is 2.23. The van der Waals surface area contributed by atoms with Crippen LogP contribution in [0.3, 0.4) is 0 Å². The number of aromatic nitrogens is 2. The van der Waals surface area contributed by atoms with E-state index in [2.05, 4.69) is 10.2 Å². The van der Waals surface area contributed by atoms with Gasteiger partial charge in [-0.15, -0.1) is 0 Å². The van der Waals surface area contributed by atoms with Crippen LogP contribution in [-0.4, -0.2) is 15.3 Å². The highest BCUT2D eigenvalue weighted by atomic mass is 35.5. The van der Waals surface area contributed by atoms with Crippen molar-refractivity contribution < 1.29 is 9.50 Å². The lowest BCUT2D eigenvalue weighted by Crippen LogP contribution is -1.90. The fourth-order valence-electron chi connectivity index (χ4n) is 1.25. The van der Waals surface area contributed by atoms with Gasteiger partial charge in [0, 0.05) is 17.2 Å². The van der Waals surface area contributed by atoms with Crippen molar-refractivity contribution in [3.8, 4) is 16.9 Å². The van der Waals surface area contributed by atoms with Crippen LogP contribution in [0.4, 0.5) is 10.2 Å². The van der Waals surface area contributed by atoms with Crippen LogP contribution in [0, 0.1) is 5.82 Å². The molecule has 0 aliphatic carbocycles. The summed E-state index contributed by atoms with van der Waals surface area (Å²) in [6.45, 7) is 0. The summed E-state index contributed by atoms with van der Waals surface area (Å²) < 4.78 is 13.5. The van der Waals surface area contributed by atoms with E-state index in [-0.39, 0.29) is 22.2 Å². The second-order valence-corrected chi connectivity index (χ2v) is 3.39. The molecule has 0 aliphatic rings. The number of nitrogen functional groups attached to an aromatic ring is 1. The zero-order valence-corrected chi connectivity index (χ0v) is 8.22. The zero-order chi connectivity index (χ0) is 11.0. The van der Waals surface area contributed by atoms with Gasteiger partial charge in [-0.2, -0.15) is 5.10 Å². The van der Waals surface area contributed by atoms with Gasteiger partial charge in [-0.3, -0.25) is 5.10 Å². The van der Waals surface area contributed by atoms with Crippen molar-refractivity contribution in [3.05, 3.63) is 29.2 Å². The van der Waals surface area contributed by atoms with Crippen molar-refractivity contribution in [3.63, 3.8) is 0 Å². The van der Waals surface area contributed by atoms with Gasteiger partial charge in [-0.1, -0.05) is 11.6 Å². The molecule has 1 aromatic heterocycles. The fraction of sp³-hybridized carbons (Fsp3) is 0. The zero-order valence-electron chi connectivity index (χ0n) is 7.46. The molecule has 2 rings (SSSR count). The molecule has 0 radical (unpaired) electrons. The van der Waals surface area contributed by atoms with Gasteiger partial charge in [0.25, 0.3) is 0 Å². The summed E-state index contributed by atoms with van der Waals surface area (Å²) in [5.74, 6) is -0.666. The molecule has 1 aromatic carbocycles. The summed E-state index contributed by atoms with van der Waals surface area (Å²) in [4.78, 5) is 0. The standard InChI is InChI=1S/C9H7ClFN3O/c10-6-1-4(7(11)2-8(6)15)5-3-13-14-9(5)12/h1-3,15H,(H3,12,13,14). The molecular weight excluding hydrogens is 221 g/mol. The molecule has 0 spiro atoms. The Morgan fingerprint density at radius 2 is 2.13 bits per heavy atom. The van der Waals surface area contributed by atoms with Crippen LogP contribution < -0.4 is 5.73 Å². The van der Waals surface area contributed by atoms with Gasteiger partial charge in [0.2, 0.25) is 0 Å². The van der Waals surface area contributed by atoms with E-state index >= 15 is 0 Å². The van der Waals surface area contributed by atoms with Gasteiger partial charge in [-0.05, 0) is 6.07 Å². The maximum atomic E-state index is 13.5. The average Bonchev–Trinajstić information content (AvgIpc) is 2.58. The molecule has 0 fully saturated rings. The van der Waals surface area contributed by atoms with Crippen LogP contribution in [0.15, 0.2) is 18.3 Å². The Balaban J connectivity index is 2.64. The van der Waals surface area contributed by atoms with Crippen LogP contribution in [-0.2, 0) is 0 Å². The Hall–Kier alpha value is -1.75. The van der Waals surface area contributed by atoms with E-state index in [1.165, 1.54) is 12.3 Å². The number of rotatable bonds is 1. The number of nitrogens with one attached hydrogen (secondary N) is 1. The first-order chi connectivity index (χ1) is 7.09. The maximum Gasteiger partial charge on any atom is 0.137 e. The molecule has 2 aromatic rings. The fourth-order valence-corrected chi connectivity index (χ4v) is 1.42. The molecule has 4 nitrogen and oxygen atoms in total.